The second-order valence-electron chi connectivity index (χ2n) is 6.43. The molecule has 0 bridgehead atoms. The van der Waals surface area contributed by atoms with E-state index in [9.17, 15) is 4.79 Å². The quantitative estimate of drug-likeness (QED) is 0.697. The van der Waals surface area contributed by atoms with E-state index >= 15 is 0 Å². The molecule has 3 aromatic rings. The summed E-state index contributed by atoms with van der Waals surface area (Å²) in [6.45, 7) is 2.71. The molecule has 7 heteroatoms. The third-order valence-corrected chi connectivity index (χ3v) is 4.52. The molecule has 0 saturated carbocycles. The van der Waals surface area contributed by atoms with Crippen LogP contribution in [-0.2, 0) is 6.54 Å². The Bertz CT molecular complexity index is 870. The number of furan rings is 1. The molecule has 1 amide bonds. The Morgan fingerprint density at radius 1 is 1.04 bits per heavy atom. The van der Waals surface area contributed by atoms with E-state index in [0.29, 0.717) is 12.4 Å². The third-order valence-electron chi connectivity index (χ3n) is 4.52. The number of anilines is 3. The van der Waals surface area contributed by atoms with Crippen LogP contribution in [0.2, 0.25) is 0 Å². The van der Waals surface area contributed by atoms with Gasteiger partial charge >= 0.3 is 0 Å². The summed E-state index contributed by atoms with van der Waals surface area (Å²) in [7, 11) is 0. The van der Waals surface area contributed by atoms with Crippen molar-refractivity contribution in [3.05, 3.63) is 66.2 Å². The van der Waals surface area contributed by atoms with Gasteiger partial charge in [0.05, 0.1) is 12.8 Å². The SMILES string of the molecule is O=C(Nc1ccc(N2CCCC2)cc1)c1ccc(NCc2ccco2)nn1. The van der Waals surface area contributed by atoms with Crippen LogP contribution in [0, 0.1) is 0 Å². The molecular formula is C20H21N5O2. The lowest BCUT2D eigenvalue weighted by atomic mass is 10.2. The van der Waals surface area contributed by atoms with Crippen molar-refractivity contribution in [2.45, 2.75) is 19.4 Å². The molecule has 0 spiro atoms. The number of benzene rings is 1. The number of carbonyl (C=O) groups excluding carboxylic acids is 1. The second kappa shape index (κ2) is 7.90. The third kappa shape index (κ3) is 4.25. The van der Waals surface area contributed by atoms with Crippen LogP contribution >= 0.6 is 0 Å². The van der Waals surface area contributed by atoms with Crippen molar-refractivity contribution in [2.24, 2.45) is 0 Å². The first-order valence-electron chi connectivity index (χ1n) is 9.04. The molecule has 3 heterocycles. The Kier molecular flexibility index (Phi) is 5.00. The van der Waals surface area contributed by atoms with Crippen LogP contribution in [0.25, 0.3) is 0 Å². The summed E-state index contributed by atoms with van der Waals surface area (Å²) in [5, 5.41) is 14.0. The molecular weight excluding hydrogens is 342 g/mol. The molecule has 7 nitrogen and oxygen atoms in total. The molecule has 138 valence electrons. The molecule has 27 heavy (non-hydrogen) atoms. The van der Waals surface area contributed by atoms with E-state index in [2.05, 4.69) is 25.7 Å². The fraction of sp³-hybridized carbons (Fsp3) is 0.250. The highest BCUT2D eigenvalue weighted by Gasteiger charge is 2.13. The van der Waals surface area contributed by atoms with Crippen molar-refractivity contribution >= 4 is 23.1 Å². The maximum Gasteiger partial charge on any atom is 0.276 e. The van der Waals surface area contributed by atoms with E-state index in [1.165, 1.54) is 18.5 Å². The molecule has 0 aliphatic carbocycles. The van der Waals surface area contributed by atoms with E-state index < -0.39 is 0 Å². The van der Waals surface area contributed by atoms with Gasteiger partial charge in [-0.15, -0.1) is 10.2 Å². The highest BCUT2D eigenvalue weighted by atomic mass is 16.3. The highest BCUT2D eigenvalue weighted by Crippen LogP contribution is 2.22. The molecule has 1 aliphatic heterocycles. The number of nitrogens with one attached hydrogen (secondary N) is 2. The Labute approximate surface area is 157 Å². The van der Waals surface area contributed by atoms with Gasteiger partial charge in [-0.1, -0.05) is 0 Å². The largest absolute Gasteiger partial charge is 0.467 e. The zero-order valence-corrected chi connectivity index (χ0v) is 14.9. The normalized spacial score (nSPS) is 13.6. The summed E-state index contributed by atoms with van der Waals surface area (Å²) in [6, 6.07) is 15.0. The van der Waals surface area contributed by atoms with Gasteiger partial charge in [0.2, 0.25) is 0 Å². The number of amides is 1. The van der Waals surface area contributed by atoms with Crippen molar-refractivity contribution < 1.29 is 9.21 Å². The summed E-state index contributed by atoms with van der Waals surface area (Å²) in [5.74, 6) is 1.10. The first-order chi connectivity index (χ1) is 13.3. The van der Waals surface area contributed by atoms with Crippen LogP contribution in [0.5, 0.6) is 0 Å². The molecule has 1 aromatic carbocycles. The first kappa shape index (κ1) is 17.1. The monoisotopic (exact) mass is 363 g/mol. The van der Waals surface area contributed by atoms with Crippen LogP contribution in [0.4, 0.5) is 17.2 Å². The fourth-order valence-corrected chi connectivity index (χ4v) is 3.06. The van der Waals surface area contributed by atoms with Crippen LogP contribution < -0.4 is 15.5 Å². The standard InChI is InChI=1S/C20H21N5O2/c26-20(22-15-5-7-16(8-6-15)25-11-1-2-12-25)18-9-10-19(24-23-18)21-14-17-4-3-13-27-17/h3-10,13H,1-2,11-12,14H2,(H,21,24)(H,22,26). The lowest BCUT2D eigenvalue weighted by Crippen LogP contribution is -2.18. The molecule has 0 atom stereocenters. The van der Waals surface area contributed by atoms with E-state index in [1.54, 1.807) is 18.4 Å². The second-order valence-corrected chi connectivity index (χ2v) is 6.43. The maximum absolute atomic E-state index is 12.4. The van der Waals surface area contributed by atoms with Crippen molar-refractivity contribution in [1.29, 1.82) is 0 Å². The van der Waals surface area contributed by atoms with Gasteiger partial charge in [-0.05, 0) is 61.4 Å². The zero-order valence-electron chi connectivity index (χ0n) is 14.9. The fourth-order valence-electron chi connectivity index (χ4n) is 3.06. The maximum atomic E-state index is 12.4. The molecule has 2 aromatic heterocycles. The smallest absolute Gasteiger partial charge is 0.276 e. The predicted octanol–water partition coefficient (Wildman–Crippen LogP) is 3.53. The Morgan fingerprint density at radius 2 is 1.85 bits per heavy atom. The van der Waals surface area contributed by atoms with Crippen molar-refractivity contribution in [3.63, 3.8) is 0 Å². The minimum Gasteiger partial charge on any atom is -0.467 e. The van der Waals surface area contributed by atoms with Crippen LogP contribution in [0.1, 0.15) is 29.1 Å². The van der Waals surface area contributed by atoms with Crippen LogP contribution in [0.3, 0.4) is 0 Å². The molecule has 2 N–H and O–H groups in total. The lowest BCUT2D eigenvalue weighted by Gasteiger charge is -2.17. The summed E-state index contributed by atoms with van der Waals surface area (Å²) in [5.41, 5.74) is 2.20. The first-order valence-corrected chi connectivity index (χ1v) is 9.04. The number of hydrogen-bond donors (Lipinski definition) is 2. The molecule has 1 aliphatic rings. The Morgan fingerprint density at radius 3 is 2.52 bits per heavy atom. The van der Waals surface area contributed by atoms with Crippen molar-refractivity contribution in [2.75, 3.05) is 28.6 Å². The van der Waals surface area contributed by atoms with Crippen LogP contribution in [0.15, 0.2) is 59.2 Å². The van der Waals surface area contributed by atoms with Crippen molar-refractivity contribution in [1.82, 2.24) is 10.2 Å². The highest BCUT2D eigenvalue weighted by molar-refractivity contribution is 6.02. The van der Waals surface area contributed by atoms with E-state index in [0.717, 1.165) is 24.5 Å². The van der Waals surface area contributed by atoms with Gasteiger partial charge in [0.25, 0.3) is 5.91 Å². The molecule has 0 unspecified atom stereocenters. The summed E-state index contributed by atoms with van der Waals surface area (Å²) in [4.78, 5) is 14.7. The van der Waals surface area contributed by atoms with Gasteiger partial charge in [-0.2, -0.15) is 0 Å². The van der Waals surface area contributed by atoms with E-state index in [4.69, 9.17) is 4.42 Å². The zero-order chi connectivity index (χ0) is 18.5. The van der Waals surface area contributed by atoms with Gasteiger partial charge in [-0.3, -0.25) is 4.79 Å². The van der Waals surface area contributed by atoms with Crippen LogP contribution in [-0.4, -0.2) is 29.2 Å². The summed E-state index contributed by atoms with van der Waals surface area (Å²) < 4.78 is 5.25. The Hall–Kier alpha value is -3.35. The number of carbonyl (C=O) groups is 1. The summed E-state index contributed by atoms with van der Waals surface area (Å²) in [6.07, 6.45) is 4.10. The predicted molar refractivity (Wildman–Crippen MR) is 104 cm³/mol. The van der Waals surface area contributed by atoms with Gasteiger partial charge in [-0.25, -0.2) is 0 Å². The number of nitrogens with zero attached hydrogens (tertiary/aromatic N) is 3. The molecule has 1 fully saturated rings. The minimum absolute atomic E-state index is 0.266. The van der Waals surface area contributed by atoms with Crippen molar-refractivity contribution in [3.8, 4) is 0 Å². The van der Waals surface area contributed by atoms with Gasteiger partial charge in [0, 0.05) is 24.5 Å². The molecule has 4 rings (SSSR count). The summed E-state index contributed by atoms with van der Waals surface area (Å²) >= 11 is 0. The lowest BCUT2D eigenvalue weighted by molar-refractivity contribution is 0.102. The number of rotatable bonds is 6. The molecule has 1 saturated heterocycles. The van der Waals surface area contributed by atoms with Gasteiger partial charge in [0.15, 0.2) is 5.69 Å². The molecule has 0 radical (unpaired) electrons. The minimum atomic E-state index is -0.283. The average Bonchev–Trinajstić information content (AvgIpc) is 3.41. The van der Waals surface area contributed by atoms with E-state index in [1.807, 2.05) is 36.4 Å². The van der Waals surface area contributed by atoms with E-state index in [-0.39, 0.29) is 11.6 Å². The number of hydrogen-bond acceptors (Lipinski definition) is 6. The van der Waals surface area contributed by atoms with Gasteiger partial charge in [0.1, 0.15) is 11.6 Å². The number of aromatic nitrogens is 2. The van der Waals surface area contributed by atoms with Gasteiger partial charge < -0.3 is 20.0 Å². The average molecular weight is 363 g/mol. The Balaban J connectivity index is 1.33. The topological polar surface area (TPSA) is 83.3 Å².